The van der Waals surface area contributed by atoms with Crippen molar-refractivity contribution in [3.8, 4) is 0 Å². The van der Waals surface area contributed by atoms with Gasteiger partial charge < -0.3 is 9.47 Å². The number of esters is 1. The van der Waals surface area contributed by atoms with Crippen LogP contribution in [0.5, 0.6) is 0 Å². The molecule has 2 aliphatic rings. The number of halogens is 1. The van der Waals surface area contributed by atoms with Gasteiger partial charge in [0.25, 0.3) is 0 Å². The summed E-state index contributed by atoms with van der Waals surface area (Å²) in [4.78, 5) is 11.3. The first-order valence-electron chi connectivity index (χ1n) is 6.71. The van der Waals surface area contributed by atoms with Crippen LogP contribution in [0.15, 0.2) is 10.6 Å². The standard InChI is InChI=1S/C14H21BrO3/c1-8(2)10-5-4-9(3)6-12(10)17-13-7-11(15)14(16)18-13/h7-10,12-13H,4-6H2,1-3H3/t9-,10+,12-,13+/m1/s1. The quantitative estimate of drug-likeness (QED) is 0.746. The maximum Gasteiger partial charge on any atom is 0.347 e. The van der Waals surface area contributed by atoms with Crippen LogP contribution in [-0.4, -0.2) is 18.4 Å². The Balaban J connectivity index is 1.99. The molecule has 0 N–H and O–H groups in total. The molecular weight excluding hydrogens is 296 g/mol. The van der Waals surface area contributed by atoms with E-state index in [4.69, 9.17) is 9.47 Å². The smallest absolute Gasteiger partial charge is 0.347 e. The molecule has 0 aromatic carbocycles. The average molecular weight is 317 g/mol. The van der Waals surface area contributed by atoms with E-state index in [1.54, 1.807) is 6.08 Å². The fraction of sp³-hybridized carbons (Fsp3) is 0.786. The SMILES string of the molecule is CC(C)[C@@H]1CC[C@@H](C)C[C@H]1O[C@@H]1C=C(Br)C(=O)O1. The fourth-order valence-electron chi connectivity index (χ4n) is 2.89. The van der Waals surface area contributed by atoms with Crippen molar-refractivity contribution in [1.82, 2.24) is 0 Å². The van der Waals surface area contributed by atoms with Crippen molar-refractivity contribution in [2.45, 2.75) is 52.4 Å². The Hall–Kier alpha value is -0.350. The fourth-order valence-corrected chi connectivity index (χ4v) is 3.20. The lowest BCUT2D eigenvalue weighted by molar-refractivity contribution is -0.178. The molecule has 0 radical (unpaired) electrons. The van der Waals surface area contributed by atoms with E-state index in [2.05, 4.69) is 36.7 Å². The molecule has 0 bridgehead atoms. The molecule has 0 spiro atoms. The van der Waals surface area contributed by atoms with Crippen LogP contribution in [-0.2, 0) is 14.3 Å². The van der Waals surface area contributed by atoms with Gasteiger partial charge in [0, 0.05) is 6.08 Å². The third kappa shape index (κ3) is 3.15. The first-order chi connectivity index (χ1) is 8.47. The molecule has 1 saturated carbocycles. The Morgan fingerprint density at radius 1 is 1.44 bits per heavy atom. The molecule has 2 rings (SSSR count). The molecule has 1 fully saturated rings. The summed E-state index contributed by atoms with van der Waals surface area (Å²) in [5.41, 5.74) is 0. The lowest BCUT2D eigenvalue weighted by atomic mass is 9.75. The van der Waals surface area contributed by atoms with Gasteiger partial charge in [0.05, 0.1) is 6.10 Å². The summed E-state index contributed by atoms with van der Waals surface area (Å²) in [5, 5.41) is 0. The first-order valence-corrected chi connectivity index (χ1v) is 7.50. The maximum atomic E-state index is 11.3. The molecular formula is C14H21BrO3. The molecule has 18 heavy (non-hydrogen) atoms. The topological polar surface area (TPSA) is 35.5 Å². The van der Waals surface area contributed by atoms with E-state index in [9.17, 15) is 4.79 Å². The van der Waals surface area contributed by atoms with Crippen LogP contribution in [0, 0.1) is 17.8 Å². The highest BCUT2D eigenvalue weighted by atomic mass is 79.9. The molecule has 102 valence electrons. The zero-order chi connectivity index (χ0) is 13.3. The molecule has 0 saturated heterocycles. The molecule has 1 heterocycles. The first kappa shape index (κ1) is 14.1. The van der Waals surface area contributed by atoms with Crippen molar-refractivity contribution < 1.29 is 14.3 Å². The van der Waals surface area contributed by atoms with E-state index in [1.165, 1.54) is 12.8 Å². The minimum absolute atomic E-state index is 0.196. The van der Waals surface area contributed by atoms with Crippen LogP contribution in [0.4, 0.5) is 0 Å². The Morgan fingerprint density at radius 2 is 2.17 bits per heavy atom. The van der Waals surface area contributed by atoms with Crippen molar-refractivity contribution in [1.29, 1.82) is 0 Å². The van der Waals surface area contributed by atoms with Crippen LogP contribution < -0.4 is 0 Å². The van der Waals surface area contributed by atoms with Crippen molar-refractivity contribution in [2.24, 2.45) is 17.8 Å². The molecule has 0 amide bonds. The molecule has 1 aliphatic carbocycles. The van der Waals surface area contributed by atoms with Gasteiger partial charge >= 0.3 is 5.97 Å². The van der Waals surface area contributed by atoms with Crippen LogP contribution in [0.3, 0.4) is 0 Å². The van der Waals surface area contributed by atoms with Gasteiger partial charge in [0.2, 0.25) is 6.29 Å². The van der Waals surface area contributed by atoms with Crippen molar-refractivity contribution >= 4 is 21.9 Å². The van der Waals surface area contributed by atoms with Gasteiger partial charge in [-0.2, -0.15) is 0 Å². The highest BCUT2D eigenvalue weighted by molar-refractivity contribution is 9.12. The number of carbonyl (C=O) groups is 1. The molecule has 0 aromatic rings. The number of carbonyl (C=O) groups excluding carboxylic acids is 1. The second-order valence-corrected chi connectivity index (χ2v) is 6.64. The molecule has 3 nitrogen and oxygen atoms in total. The van der Waals surface area contributed by atoms with E-state index in [0.29, 0.717) is 22.2 Å². The van der Waals surface area contributed by atoms with Gasteiger partial charge in [-0.05, 0) is 46.5 Å². The van der Waals surface area contributed by atoms with E-state index >= 15 is 0 Å². The molecule has 4 atom stereocenters. The Labute approximate surface area is 117 Å². The largest absolute Gasteiger partial charge is 0.428 e. The number of hydrogen-bond acceptors (Lipinski definition) is 3. The lowest BCUT2D eigenvalue weighted by Gasteiger charge is -2.37. The van der Waals surface area contributed by atoms with Crippen molar-refractivity contribution in [3.05, 3.63) is 10.6 Å². The van der Waals surface area contributed by atoms with Gasteiger partial charge in [0.15, 0.2) is 0 Å². The minimum atomic E-state index is -0.511. The van der Waals surface area contributed by atoms with Crippen LogP contribution in [0.1, 0.15) is 40.0 Å². The predicted molar refractivity (Wildman–Crippen MR) is 73.1 cm³/mol. The summed E-state index contributed by atoms with van der Waals surface area (Å²) in [7, 11) is 0. The third-order valence-corrected chi connectivity index (χ3v) is 4.56. The van der Waals surface area contributed by atoms with Gasteiger partial charge in [-0.25, -0.2) is 4.79 Å². The summed E-state index contributed by atoms with van der Waals surface area (Å²) < 4.78 is 11.6. The average Bonchev–Trinajstić information content (AvgIpc) is 2.57. The van der Waals surface area contributed by atoms with E-state index < -0.39 is 6.29 Å². The van der Waals surface area contributed by atoms with Gasteiger partial charge in [-0.3, -0.25) is 0 Å². The molecule has 1 aliphatic heterocycles. The van der Waals surface area contributed by atoms with Crippen molar-refractivity contribution in [3.63, 3.8) is 0 Å². The second-order valence-electron chi connectivity index (χ2n) is 5.79. The summed E-state index contributed by atoms with van der Waals surface area (Å²) in [5.74, 6) is 1.53. The van der Waals surface area contributed by atoms with Gasteiger partial charge in [-0.15, -0.1) is 0 Å². The third-order valence-electron chi connectivity index (χ3n) is 3.97. The number of rotatable bonds is 3. The summed E-state index contributed by atoms with van der Waals surface area (Å²) >= 11 is 3.17. The highest BCUT2D eigenvalue weighted by Gasteiger charge is 2.35. The normalized spacial score (nSPS) is 36.7. The van der Waals surface area contributed by atoms with Gasteiger partial charge in [0.1, 0.15) is 4.48 Å². The van der Waals surface area contributed by atoms with Gasteiger partial charge in [-0.1, -0.05) is 27.2 Å². The van der Waals surface area contributed by atoms with Crippen LogP contribution >= 0.6 is 15.9 Å². The summed E-state index contributed by atoms with van der Waals surface area (Å²) in [6, 6.07) is 0. The minimum Gasteiger partial charge on any atom is -0.428 e. The maximum absolute atomic E-state index is 11.3. The second kappa shape index (κ2) is 5.74. The highest BCUT2D eigenvalue weighted by Crippen LogP contribution is 2.36. The Bertz CT molecular complexity index is 351. The predicted octanol–water partition coefficient (Wildman–Crippen LogP) is 3.63. The molecule has 4 heteroatoms. The number of cyclic esters (lactones) is 1. The van der Waals surface area contributed by atoms with Crippen LogP contribution in [0.2, 0.25) is 0 Å². The Kier molecular flexibility index (Phi) is 4.49. The number of hydrogen-bond donors (Lipinski definition) is 0. The Morgan fingerprint density at radius 3 is 2.72 bits per heavy atom. The monoisotopic (exact) mass is 316 g/mol. The van der Waals surface area contributed by atoms with E-state index in [-0.39, 0.29) is 12.1 Å². The zero-order valence-electron chi connectivity index (χ0n) is 11.2. The van der Waals surface area contributed by atoms with Crippen molar-refractivity contribution in [2.75, 3.05) is 0 Å². The summed E-state index contributed by atoms with van der Waals surface area (Å²) in [6.45, 7) is 6.74. The lowest BCUT2D eigenvalue weighted by Crippen LogP contribution is -2.36. The van der Waals surface area contributed by atoms with E-state index in [0.717, 1.165) is 6.42 Å². The molecule has 0 aromatic heterocycles. The summed E-state index contributed by atoms with van der Waals surface area (Å²) in [6.07, 6.45) is 4.92. The molecule has 0 unspecified atom stereocenters. The zero-order valence-corrected chi connectivity index (χ0v) is 12.8. The van der Waals surface area contributed by atoms with E-state index in [1.807, 2.05) is 0 Å². The number of ether oxygens (including phenoxy) is 2. The van der Waals surface area contributed by atoms with Crippen LogP contribution in [0.25, 0.3) is 0 Å².